The first-order chi connectivity index (χ1) is 8.90. The molecular formula is C14H29N3O2. The minimum atomic E-state index is 0.125. The molecule has 1 fully saturated rings. The van der Waals surface area contributed by atoms with Crippen molar-refractivity contribution in [1.29, 1.82) is 0 Å². The van der Waals surface area contributed by atoms with E-state index in [0.29, 0.717) is 6.54 Å². The van der Waals surface area contributed by atoms with Crippen LogP contribution in [0.1, 0.15) is 27.2 Å². The Morgan fingerprint density at radius 1 is 1.16 bits per heavy atom. The van der Waals surface area contributed by atoms with Gasteiger partial charge in [0.25, 0.3) is 0 Å². The van der Waals surface area contributed by atoms with Gasteiger partial charge in [-0.05, 0) is 11.8 Å². The fraction of sp³-hybridized carbons (Fsp3) is 0.929. The fourth-order valence-corrected chi connectivity index (χ4v) is 2.15. The maximum Gasteiger partial charge on any atom is 0.234 e. The maximum absolute atomic E-state index is 11.8. The molecule has 0 unspecified atom stereocenters. The second-order valence-corrected chi connectivity index (χ2v) is 6.50. The van der Waals surface area contributed by atoms with E-state index in [-0.39, 0.29) is 17.9 Å². The van der Waals surface area contributed by atoms with Crippen molar-refractivity contribution in [3.05, 3.63) is 0 Å². The Balaban J connectivity index is 2.13. The van der Waals surface area contributed by atoms with Crippen molar-refractivity contribution in [2.45, 2.75) is 27.2 Å². The minimum Gasteiger partial charge on any atom is -0.395 e. The van der Waals surface area contributed by atoms with E-state index < -0.39 is 0 Å². The maximum atomic E-state index is 11.8. The van der Waals surface area contributed by atoms with Crippen LogP contribution in [-0.2, 0) is 4.79 Å². The molecule has 1 rings (SSSR count). The summed E-state index contributed by atoms with van der Waals surface area (Å²) < 4.78 is 0. The number of β-amino-alcohol motifs (C(OH)–C–C–N with tert-alkyl or cyclic N) is 1. The summed E-state index contributed by atoms with van der Waals surface area (Å²) in [5.41, 5.74) is 0.267. The average Bonchev–Trinajstić information content (AvgIpc) is 2.30. The quantitative estimate of drug-likeness (QED) is 0.722. The number of carbonyl (C=O) groups is 1. The Kier molecular flexibility index (Phi) is 6.75. The van der Waals surface area contributed by atoms with Gasteiger partial charge in [0.1, 0.15) is 0 Å². The van der Waals surface area contributed by atoms with E-state index in [1.165, 1.54) is 0 Å². The van der Waals surface area contributed by atoms with Crippen LogP contribution in [0.15, 0.2) is 0 Å². The Morgan fingerprint density at radius 2 is 1.74 bits per heavy atom. The van der Waals surface area contributed by atoms with Crippen molar-refractivity contribution in [2.75, 3.05) is 52.4 Å². The Bertz CT molecular complexity index is 268. The lowest BCUT2D eigenvalue weighted by Gasteiger charge is -2.33. The smallest absolute Gasteiger partial charge is 0.234 e. The van der Waals surface area contributed by atoms with E-state index in [2.05, 4.69) is 35.9 Å². The van der Waals surface area contributed by atoms with E-state index in [1.807, 2.05) is 0 Å². The highest BCUT2D eigenvalue weighted by Crippen LogP contribution is 2.16. The van der Waals surface area contributed by atoms with Gasteiger partial charge >= 0.3 is 0 Å². The van der Waals surface area contributed by atoms with E-state index in [4.69, 9.17) is 5.11 Å². The van der Waals surface area contributed by atoms with Crippen LogP contribution in [0.4, 0.5) is 0 Å². The molecule has 1 aliphatic heterocycles. The molecule has 19 heavy (non-hydrogen) atoms. The van der Waals surface area contributed by atoms with Gasteiger partial charge in [-0.1, -0.05) is 20.8 Å². The van der Waals surface area contributed by atoms with Crippen LogP contribution in [0.25, 0.3) is 0 Å². The Morgan fingerprint density at radius 3 is 2.26 bits per heavy atom. The number of rotatable bonds is 6. The van der Waals surface area contributed by atoms with E-state index >= 15 is 0 Å². The number of aliphatic hydroxyl groups excluding tert-OH is 1. The standard InChI is InChI=1S/C14H29N3O2/c1-14(2,3)4-5-15-13(19)12-17-8-6-16(7-9-17)10-11-18/h18H,4-12H2,1-3H3,(H,15,19). The van der Waals surface area contributed by atoms with Gasteiger partial charge in [0, 0.05) is 39.3 Å². The van der Waals surface area contributed by atoms with Crippen LogP contribution in [0.5, 0.6) is 0 Å². The molecule has 0 saturated carbocycles. The number of hydrogen-bond donors (Lipinski definition) is 2. The van der Waals surface area contributed by atoms with E-state index in [9.17, 15) is 4.79 Å². The van der Waals surface area contributed by atoms with E-state index in [0.717, 1.165) is 45.7 Å². The first-order valence-electron chi connectivity index (χ1n) is 7.23. The average molecular weight is 271 g/mol. The van der Waals surface area contributed by atoms with Crippen molar-refractivity contribution in [3.8, 4) is 0 Å². The van der Waals surface area contributed by atoms with Gasteiger partial charge in [0.15, 0.2) is 0 Å². The normalized spacial score (nSPS) is 18.5. The molecule has 0 aromatic heterocycles. The summed E-state index contributed by atoms with van der Waals surface area (Å²) in [6.45, 7) is 12.5. The molecule has 0 aromatic carbocycles. The molecule has 1 amide bonds. The molecule has 5 nitrogen and oxygen atoms in total. The molecule has 2 N–H and O–H groups in total. The lowest BCUT2D eigenvalue weighted by molar-refractivity contribution is -0.122. The molecule has 0 bridgehead atoms. The first-order valence-corrected chi connectivity index (χ1v) is 7.23. The number of nitrogens with zero attached hydrogens (tertiary/aromatic N) is 2. The molecule has 0 aromatic rings. The van der Waals surface area contributed by atoms with Crippen LogP contribution >= 0.6 is 0 Å². The lowest BCUT2D eigenvalue weighted by Crippen LogP contribution is -2.50. The summed E-state index contributed by atoms with van der Waals surface area (Å²) in [6, 6.07) is 0. The number of piperazine rings is 1. The Hall–Kier alpha value is -0.650. The fourth-order valence-electron chi connectivity index (χ4n) is 2.15. The SMILES string of the molecule is CC(C)(C)CCNC(=O)CN1CCN(CCO)CC1. The van der Waals surface area contributed by atoms with Crippen molar-refractivity contribution >= 4 is 5.91 Å². The van der Waals surface area contributed by atoms with Gasteiger partial charge in [0.2, 0.25) is 5.91 Å². The van der Waals surface area contributed by atoms with Crippen LogP contribution in [-0.4, -0.2) is 73.2 Å². The molecular weight excluding hydrogens is 242 g/mol. The third-order valence-corrected chi connectivity index (χ3v) is 3.45. The van der Waals surface area contributed by atoms with Gasteiger partial charge < -0.3 is 10.4 Å². The number of carbonyl (C=O) groups excluding carboxylic acids is 1. The number of hydrogen-bond acceptors (Lipinski definition) is 4. The largest absolute Gasteiger partial charge is 0.395 e. The second-order valence-electron chi connectivity index (χ2n) is 6.50. The third kappa shape index (κ3) is 7.50. The summed E-state index contributed by atoms with van der Waals surface area (Å²) in [4.78, 5) is 16.2. The highest BCUT2D eigenvalue weighted by atomic mass is 16.3. The molecule has 0 radical (unpaired) electrons. The predicted molar refractivity (Wildman–Crippen MR) is 77.0 cm³/mol. The monoisotopic (exact) mass is 271 g/mol. The molecule has 1 saturated heterocycles. The highest BCUT2D eigenvalue weighted by Gasteiger charge is 2.18. The Labute approximate surface area is 117 Å². The first kappa shape index (κ1) is 16.4. The van der Waals surface area contributed by atoms with Crippen LogP contribution < -0.4 is 5.32 Å². The predicted octanol–water partition coefficient (Wildman–Crippen LogP) is 0.149. The van der Waals surface area contributed by atoms with Crippen molar-refractivity contribution in [3.63, 3.8) is 0 Å². The molecule has 0 atom stereocenters. The second kappa shape index (κ2) is 7.82. The summed E-state index contributed by atoms with van der Waals surface area (Å²) in [7, 11) is 0. The van der Waals surface area contributed by atoms with Crippen molar-refractivity contribution in [1.82, 2.24) is 15.1 Å². The lowest BCUT2D eigenvalue weighted by atomic mass is 9.92. The highest BCUT2D eigenvalue weighted by molar-refractivity contribution is 5.77. The minimum absolute atomic E-state index is 0.125. The summed E-state index contributed by atoms with van der Waals surface area (Å²) in [6.07, 6.45) is 1.00. The molecule has 1 heterocycles. The van der Waals surface area contributed by atoms with Gasteiger partial charge in [-0.3, -0.25) is 14.6 Å². The van der Waals surface area contributed by atoms with Crippen molar-refractivity contribution in [2.24, 2.45) is 5.41 Å². The number of aliphatic hydroxyl groups is 1. The summed E-state index contributed by atoms with van der Waals surface area (Å²) >= 11 is 0. The van der Waals surface area contributed by atoms with Crippen molar-refractivity contribution < 1.29 is 9.90 Å². The zero-order valence-corrected chi connectivity index (χ0v) is 12.6. The molecule has 112 valence electrons. The number of amides is 1. The summed E-state index contributed by atoms with van der Waals surface area (Å²) in [5.74, 6) is 0.125. The van der Waals surface area contributed by atoms with Gasteiger partial charge in [-0.2, -0.15) is 0 Å². The van der Waals surface area contributed by atoms with Gasteiger partial charge in [0.05, 0.1) is 13.2 Å². The van der Waals surface area contributed by atoms with E-state index in [1.54, 1.807) is 0 Å². The van der Waals surface area contributed by atoms with Crippen LogP contribution in [0.2, 0.25) is 0 Å². The zero-order valence-electron chi connectivity index (χ0n) is 12.6. The van der Waals surface area contributed by atoms with Gasteiger partial charge in [-0.15, -0.1) is 0 Å². The summed E-state index contributed by atoms with van der Waals surface area (Å²) in [5, 5.41) is 11.9. The molecule has 0 aliphatic carbocycles. The van der Waals surface area contributed by atoms with Crippen LogP contribution in [0, 0.1) is 5.41 Å². The molecule has 1 aliphatic rings. The molecule has 5 heteroatoms. The van der Waals surface area contributed by atoms with Crippen LogP contribution in [0.3, 0.4) is 0 Å². The molecule has 0 spiro atoms. The number of nitrogens with one attached hydrogen (secondary N) is 1. The third-order valence-electron chi connectivity index (χ3n) is 3.45. The topological polar surface area (TPSA) is 55.8 Å². The zero-order chi connectivity index (χ0) is 14.3. The van der Waals surface area contributed by atoms with Gasteiger partial charge in [-0.25, -0.2) is 0 Å².